The van der Waals surface area contributed by atoms with Gasteiger partial charge in [0.05, 0.1) is 25.1 Å². The van der Waals surface area contributed by atoms with Crippen molar-refractivity contribution in [3.05, 3.63) is 23.9 Å². The van der Waals surface area contributed by atoms with E-state index in [2.05, 4.69) is 10.3 Å². The first-order valence-electron chi connectivity index (χ1n) is 5.99. The van der Waals surface area contributed by atoms with Gasteiger partial charge in [-0.1, -0.05) is 18.3 Å². The van der Waals surface area contributed by atoms with Gasteiger partial charge in [-0.3, -0.25) is 4.79 Å². The van der Waals surface area contributed by atoms with Crippen LogP contribution in [0, 0.1) is 0 Å². The van der Waals surface area contributed by atoms with Gasteiger partial charge in [0, 0.05) is 25.2 Å². The maximum absolute atomic E-state index is 11.6. The average Bonchev–Trinajstić information content (AvgIpc) is 2.44. The van der Waals surface area contributed by atoms with E-state index < -0.39 is 0 Å². The number of hydrogen-bond acceptors (Lipinski definition) is 5. The van der Waals surface area contributed by atoms with Crippen molar-refractivity contribution in [2.45, 2.75) is 19.3 Å². The monoisotopic (exact) mass is 282 g/mol. The van der Waals surface area contributed by atoms with E-state index in [4.69, 9.17) is 21.7 Å². The van der Waals surface area contributed by atoms with Crippen LogP contribution in [0.15, 0.2) is 18.3 Å². The summed E-state index contributed by atoms with van der Waals surface area (Å²) in [5.74, 6) is 0.00684. The quantitative estimate of drug-likeness (QED) is 0.632. The van der Waals surface area contributed by atoms with Gasteiger partial charge in [0.1, 0.15) is 0 Å². The number of methoxy groups -OCH3 is 1. The summed E-state index contributed by atoms with van der Waals surface area (Å²) in [6, 6.07) is 3.59. The summed E-state index contributed by atoms with van der Waals surface area (Å²) in [6.45, 7) is 2.14. The first-order chi connectivity index (χ1) is 9.12. The molecule has 0 aliphatic rings. The predicted octanol–water partition coefficient (Wildman–Crippen LogP) is 1.67. The second kappa shape index (κ2) is 7.68. The van der Waals surface area contributed by atoms with E-state index in [1.807, 2.05) is 6.07 Å². The normalized spacial score (nSPS) is 11.5. The highest BCUT2D eigenvalue weighted by Gasteiger charge is 2.21. The van der Waals surface area contributed by atoms with Crippen LogP contribution in [0.4, 0.5) is 0 Å². The molecule has 0 saturated heterocycles. The van der Waals surface area contributed by atoms with Gasteiger partial charge >= 0.3 is 5.97 Å². The smallest absolute Gasteiger partial charge is 0.306 e. The molecule has 0 bridgehead atoms. The Kier molecular flexibility index (Phi) is 6.21. The van der Waals surface area contributed by atoms with Crippen molar-refractivity contribution in [2.24, 2.45) is 0 Å². The molecule has 1 N–H and O–H groups in total. The van der Waals surface area contributed by atoms with E-state index in [9.17, 15) is 4.79 Å². The molecule has 1 aromatic rings. The molecule has 0 aliphatic heterocycles. The minimum Gasteiger partial charge on any atom is -0.481 e. The van der Waals surface area contributed by atoms with Crippen molar-refractivity contribution >= 4 is 23.2 Å². The molecule has 1 rings (SSSR count). The number of nitrogens with one attached hydrogen (secondary N) is 1. The number of likely N-dealkylation sites (N-methyl/N-ethyl adjacent to an activating group) is 1. The van der Waals surface area contributed by atoms with Crippen LogP contribution in [-0.2, 0) is 9.53 Å². The number of hydrogen-bond donors (Lipinski definition) is 1. The molecule has 5 nitrogen and oxygen atoms in total. The fraction of sp³-hybridized carbons (Fsp3) is 0.462. The van der Waals surface area contributed by atoms with E-state index in [1.165, 1.54) is 0 Å². The zero-order valence-electron chi connectivity index (χ0n) is 11.3. The lowest BCUT2D eigenvalue weighted by Crippen LogP contribution is -2.26. The molecule has 1 aromatic heterocycles. The number of pyridine rings is 1. The molecule has 0 amide bonds. The lowest BCUT2D eigenvalue weighted by Gasteiger charge is -2.17. The number of thiocarbonyl (C=S) groups is 1. The molecule has 0 aliphatic carbocycles. The molecule has 0 radical (unpaired) electrons. The number of nitrogens with zero attached hydrogens (tertiary/aromatic N) is 1. The number of aromatic nitrogens is 1. The molecule has 0 fully saturated rings. The van der Waals surface area contributed by atoms with Gasteiger partial charge in [-0.15, -0.1) is 0 Å². The van der Waals surface area contributed by atoms with E-state index in [-0.39, 0.29) is 18.3 Å². The van der Waals surface area contributed by atoms with Gasteiger partial charge in [0.2, 0.25) is 5.88 Å². The first kappa shape index (κ1) is 15.4. The third-order valence-electron chi connectivity index (χ3n) is 2.61. The van der Waals surface area contributed by atoms with Gasteiger partial charge < -0.3 is 14.8 Å². The standard InChI is InChI=1S/C13H18N2O3S/c1-4-18-12(16)7-10(13(19)14-2)9-5-6-11(17-3)15-8-9/h5-6,8,10H,4,7H2,1-3H3,(H,14,19). The molecule has 19 heavy (non-hydrogen) atoms. The fourth-order valence-electron chi connectivity index (χ4n) is 1.64. The summed E-state index contributed by atoms with van der Waals surface area (Å²) in [7, 11) is 3.29. The SMILES string of the molecule is CCOC(=O)CC(C(=S)NC)c1ccc(OC)nc1. The molecule has 0 spiro atoms. The van der Waals surface area contributed by atoms with E-state index >= 15 is 0 Å². The van der Waals surface area contributed by atoms with Crippen molar-refractivity contribution in [2.75, 3.05) is 20.8 Å². The van der Waals surface area contributed by atoms with Gasteiger partial charge in [-0.05, 0) is 12.5 Å². The maximum Gasteiger partial charge on any atom is 0.306 e. The molecular formula is C13H18N2O3S. The molecule has 0 aromatic carbocycles. The average molecular weight is 282 g/mol. The number of ether oxygens (including phenoxy) is 2. The number of esters is 1. The highest BCUT2D eigenvalue weighted by atomic mass is 32.1. The van der Waals surface area contributed by atoms with E-state index in [1.54, 1.807) is 33.3 Å². The Morgan fingerprint density at radius 2 is 2.26 bits per heavy atom. The Balaban J connectivity index is 2.89. The minimum absolute atomic E-state index is 0.196. The van der Waals surface area contributed by atoms with Crippen LogP contribution in [0.1, 0.15) is 24.8 Å². The molecule has 0 saturated carbocycles. The zero-order chi connectivity index (χ0) is 14.3. The lowest BCUT2D eigenvalue weighted by atomic mass is 9.97. The van der Waals surface area contributed by atoms with Crippen LogP contribution in [0.2, 0.25) is 0 Å². The summed E-state index contributed by atoms with van der Waals surface area (Å²) in [6.07, 6.45) is 1.86. The lowest BCUT2D eigenvalue weighted by molar-refractivity contribution is -0.143. The maximum atomic E-state index is 11.6. The van der Waals surface area contributed by atoms with Crippen molar-refractivity contribution in [3.63, 3.8) is 0 Å². The second-order valence-electron chi connectivity index (χ2n) is 3.81. The van der Waals surface area contributed by atoms with E-state index in [0.717, 1.165) is 5.56 Å². The first-order valence-corrected chi connectivity index (χ1v) is 6.40. The summed E-state index contributed by atoms with van der Waals surface area (Å²) < 4.78 is 9.97. The van der Waals surface area contributed by atoms with Gasteiger partial charge in [-0.25, -0.2) is 4.98 Å². The van der Waals surface area contributed by atoms with Crippen LogP contribution in [0.3, 0.4) is 0 Å². The predicted molar refractivity (Wildman–Crippen MR) is 76.4 cm³/mol. The molecule has 1 atom stereocenters. The molecular weight excluding hydrogens is 264 g/mol. The van der Waals surface area contributed by atoms with Crippen LogP contribution < -0.4 is 10.1 Å². The number of rotatable bonds is 6. The zero-order valence-corrected chi connectivity index (χ0v) is 12.1. The van der Waals surface area contributed by atoms with Gasteiger partial charge in [-0.2, -0.15) is 0 Å². The number of carbonyl (C=O) groups is 1. The highest BCUT2D eigenvalue weighted by molar-refractivity contribution is 7.80. The topological polar surface area (TPSA) is 60.5 Å². The van der Waals surface area contributed by atoms with Crippen LogP contribution in [-0.4, -0.2) is 36.7 Å². The van der Waals surface area contributed by atoms with Crippen LogP contribution in [0.5, 0.6) is 5.88 Å². The Morgan fingerprint density at radius 3 is 2.74 bits per heavy atom. The second-order valence-corrected chi connectivity index (χ2v) is 4.25. The van der Waals surface area contributed by atoms with Crippen LogP contribution in [0.25, 0.3) is 0 Å². The summed E-state index contributed by atoms with van der Waals surface area (Å²) in [5.41, 5.74) is 0.855. The van der Waals surface area contributed by atoms with Gasteiger partial charge in [0.15, 0.2) is 0 Å². The van der Waals surface area contributed by atoms with Crippen molar-refractivity contribution in [1.29, 1.82) is 0 Å². The highest BCUT2D eigenvalue weighted by Crippen LogP contribution is 2.22. The number of carbonyl (C=O) groups excluding carboxylic acids is 1. The van der Waals surface area contributed by atoms with Gasteiger partial charge in [0.25, 0.3) is 0 Å². The molecule has 1 heterocycles. The fourth-order valence-corrected chi connectivity index (χ4v) is 1.86. The van der Waals surface area contributed by atoms with Crippen molar-refractivity contribution in [1.82, 2.24) is 10.3 Å². The molecule has 1 unspecified atom stereocenters. The Labute approximate surface area is 118 Å². The Hall–Kier alpha value is -1.69. The minimum atomic E-state index is -0.277. The van der Waals surface area contributed by atoms with Crippen molar-refractivity contribution in [3.8, 4) is 5.88 Å². The summed E-state index contributed by atoms with van der Waals surface area (Å²) in [4.78, 5) is 16.3. The summed E-state index contributed by atoms with van der Waals surface area (Å²) in [5, 5.41) is 2.90. The largest absolute Gasteiger partial charge is 0.481 e. The third kappa shape index (κ3) is 4.48. The van der Waals surface area contributed by atoms with E-state index in [0.29, 0.717) is 17.5 Å². The molecule has 6 heteroatoms. The Morgan fingerprint density at radius 1 is 1.53 bits per heavy atom. The molecule has 104 valence electrons. The Bertz CT molecular complexity index is 434. The van der Waals surface area contributed by atoms with Crippen LogP contribution >= 0.6 is 12.2 Å². The third-order valence-corrected chi connectivity index (χ3v) is 3.10. The summed E-state index contributed by atoms with van der Waals surface area (Å²) >= 11 is 5.24. The van der Waals surface area contributed by atoms with Crippen molar-refractivity contribution < 1.29 is 14.3 Å².